The van der Waals surface area contributed by atoms with Gasteiger partial charge in [0.05, 0.1) is 31.8 Å². The van der Waals surface area contributed by atoms with Gasteiger partial charge < -0.3 is 24.5 Å². The lowest BCUT2D eigenvalue weighted by Crippen LogP contribution is -2.09. The minimum Gasteiger partial charge on any atom is -0.496 e. The van der Waals surface area contributed by atoms with Crippen molar-refractivity contribution in [3.8, 4) is 28.6 Å². The van der Waals surface area contributed by atoms with E-state index in [0.717, 1.165) is 40.0 Å². The van der Waals surface area contributed by atoms with Crippen LogP contribution in [0.4, 0.5) is 5.82 Å². The monoisotopic (exact) mass is 456 g/mol. The Bertz CT molecular complexity index is 977. The largest absolute Gasteiger partial charge is 0.496 e. The molecule has 4 rings (SSSR count). The molecule has 0 bridgehead atoms. The summed E-state index contributed by atoms with van der Waals surface area (Å²) in [6, 6.07) is 13.6. The van der Waals surface area contributed by atoms with Crippen LogP contribution in [0.25, 0.3) is 11.3 Å². The normalized spacial score (nSPS) is 13.8. The minimum absolute atomic E-state index is 0.393. The number of rotatable bonds is 6. The predicted octanol–water partition coefficient (Wildman–Crippen LogP) is 6.05. The van der Waals surface area contributed by atoms with E-state index < -0.39 is 0 Å². The number of ether oxygens (including phenoxy) is 3. The van der Waals surface area contributed by atoms with Gasteiger partial charge in [0, 0.05) is 6.07 Å². The molecule has 2 aromatic carbocycles. The molecule has 1 aliphatic rings. The van der Waals surface area contributed by atoms with Crippen LogP contribution >= 0.6 is 12.6 Å². The third-order valence-electron chi connectivity index (χ3n) is 5.71. The fraction of sp³-hybridized carbons (Fsp3) is 0.400. The molecule has 0 saturated heterocycles. The van der Waals surface area contributed by atoms with Crippen molar-refractivity contribution in [1.82, 2.24) is 5.16 Å². The zero-order valence-electron chi connectivity index (χ0n) is 19.0. The fourth-order valence-electron chi connectivity index (χ4n) is 4.05. The molecule has 6 nitrogen and oxygen atoms in total. The molecule has 1 aliphatic carbocycles. The van der Waals surface area contributed by atoms with E-state index in [0.29, 0.717) is 11.6 Å². The van der Waals surface area contributed by atoms with Crippen molar-refractivity contribution in [1.29, 1.82) is 0 Å². The average Bonchev–Trinajstić information content (AvgIpc) is 3.26. The molecule has 2 N–H and O–H groups in total. The van der Waals surface area contributed by atoms with Gasteiger partial charge in [0.1, 0.15) is 17.2 Å². The highest BCUT2D eigenvalue weighted by Crippen LogP contribution is 2.34. The Morgan fingerprint density at radius 3 is 2.16 bits per heavy atom. The highest BCUT2D eigenvalue weighted by molar-refractivity contribution is 7.80. The van der Waals surface area contributed by atoms with Crippen molar-refractivity contribution >= 4 is 18.4 Å². The van der Waals surface area contributed by atoms with E-state index in [1.807, 2.05) is 24.3 Å². The number of methoxy groups -OCH3 is 3. The number of hydrogen-bond donors (Lipinski definition) is 2. The molecule has 1 fully saturated rings. The number of benzene rings is 2. The summed E-state index contributed by atoms with van der Waals surface area (Å²) in [4.78, 5) is 0.734. The highest BCUT2D eigenvalue weighted by Gasteiger charge is 2.17. The Morgan fingerprint density at radius 2 is 1.59 bits per heavy atom. The van der Waals surface area contributed by atoms with Crippen LogP contribution in [0.2, 0.25) is 0 Å². The standard InChI is InChI=1S/C17H22N2O2.C8H10O2S/c1-20-15-8-7-13(9-12-5-3-2-4-6-12)10-14(15)16-11-17(18)19-21-16;1-9-6-4-3-5-7(10-2)8(6)11/h7-8,10-12H,2-6,9H2,1H3,(H2,18,19);3-5,11H,1-2H3. The first-order chi connectivity index (χ1) is 15.5. The van der Waals surface area contributed by atoms with Gasteiger partial charge in [-0.3, -0.25) is 0 Å². The van der Waals surface area contributed by atoms with Gasteiger partial charge in [-0.2, -0.15) is 0 Å². The van der Waals surface area contributed by atoms with E-state index in [1.165, 1.54) is 37.7 Å². The lowest BCUT2D eigenvalue weighted by atomic mass is 9.84. The zero-order chi connectivity index (χ0) is 22.9. The van der Waals surface area contributed by atoms with Gasteiger partial charge in [0.15, 0.2) is 11.6 Å². The summed E-state index contributed by atoms with van der Waals surface area (Å²) in [6.45, 7) is 0. The predicted molar refractivity (Wildman–Crippen MR) is 130 cm³/mol. The molecule has 0 atom stereocenters. The Hall–Kier alpha value is -2.80. The molecule has 0 radical (unpaired) electrons. The number of nitrogens with zero attached hydrogens (tertiary/aromatic N) is 1. The minimum atomic E-state index is 0.393. The van der Waals surface area contributed by atoms with Crippen LogP contribution in [-0.4, -0.2) is 26.5 Å². The van der Waals surface area contributed by atoms with E-state index in [1.54, 1.807) is 27.4 Å². The maximum atomic E-state index is 5.65. The first-order valence-electron chi connectivity index (χ1n) is 10.8. The molecule has 172 valence electrons. The summed E-state index contributed by atoms with van der Waals surface area (Å²) in [5, 5.41) is 3.76. The first-order valence-corrected chi connectivity index (χ1v) is 11.3. The summed E-state index contributed by atoms with van der Waals surface area (Å²) in [6.07, 6.45) is 7.94. The van der Waals surface area contributed by atoms with E-state index in [9.17, 15) is 0 Å². The van der Waals surface area contributed by atoms with Gasteiger partial charge in [-0.15, -0.1) is 12.6 Å². The second-order valence-electron chi connectivity index (χ2n) is 7.87. The van der Waals surface area contributed by atoms with Crippen LogP contribution in [-0.2, 0) is 6.42 Å². The molecule has 0 spiro atoms. The summed E-state index contributed by atoms with van der Waals surface area (Å²) in [7, 11) is 4.88. The van der Waals surface area contributed by atoms with Gasteiger partial charge in [0.2, 0.25) is 0 Å². The van der Waals surface area contributed by atoms with Crippen LogP contribution in [0.15, 0.2) is 51.9 Å². The van der Waals surface area contributed by atoms with E-state index >= 15 is 0 Å². The van der Waals surface area contributed by atoms with Crippen molar-refractivity contribution in [2.45, 2.75) is 43.4 Å². The molecule has 7 heteroatoms. The molecular formula is C25H32N2O4S. The third-order valence-corrected chi connectivity index (χ3v) is 6.15. The number of thiol groups is 1. The second-order valence-corrected chi connectivity index (χ2v) is 8.32. The topological polar surface area (TPSA) is 79.7 Å². The molecule has 1 aromatic heterocycles. The van der Waals surface area contributed by atoms with Gasteiger partial charge in [-0.05, 0) is 42.2 Å². The molecule has 3 aromatic rings. The van der Waals surface area contributed by atoms with Gasteiger partial charge in [0.25, 0.3) is 0 Å². The summed E-state index contributed by atoms with van der Waals surface area (Å²) in [5.41, 5.74) is 7.90. The lowest BCUT2D eigenvalue weighted by molar-refractivity contribution is 0.356. The molecule has 0 unspecified atom stereocenters. The van der Waals surface area contributed by atoms with E-state index in [4.69, 9.17) is 24.5 Å². The van der Waals surface area contributed by atoms with E-state index in [2.05, 4.69) is 29.9 Å². The number of aromatic nitrogens is 1. The number of nitrogens with two attached hydrogens (primary N) is 1. The lowest BCUT2D eigenvalue weighted by Gasteiger charge is -2.21. The zero-order valence-corrected chi connectivity index (χ0v) is 19.9. The van der Waals surface area contributed by atoms with Crippen molar-refractivity contribution in [3.05, 3.63) is 48.0 Å². The van der Waals surface area contributed by atoms with Crippen LogP contribution in [0, 0.1) is 5.92 Å². The van der Waals surface area contributed by atoms with Crippen molar-refractivity contribution in [2.24, 2.45) is 5.92 Å². The maximum absolute atomic E-state index is 5.65. The summed E-state index contributed by atoms with van der Waals surface area (Å²) < 4.78 is 20.8. The van der Waals surface area contributed by atoms with Crippen LogP contribution in [0.3, 0.4) is 0 Å². The first kappa shape index (κ1) is 23.9. The van der Waals surface area contributed by atoms with Crippen LogP contribution in [0.5, 0.6) is 17.2 Å². The summed E-state index contributed by atoms with van der Waals surface area (Å²) >= 11 is 4.22. The summed E-state index contributed by atoms with van der Waals surface area (Å²) in [5.74, 6) is 4.11. The fourth-order valence-corrected chi connectivity index (χ4v) is 4.38. The molecule has 1 heterocycles. The SMILES string of the molecule is COc1ccc(CC2CCCCC2)cc1-c1cc(N)no1.COc1cccc(OC)c1S. The molecular weight excluding hydrogens is 424 g/mol. The molecule has 1 saturated carbocycles. The Morgan fingerprint density at radius 1 is 0.938 bits per heavy atom. The maximum Gasteiger partial charge on any atom is 0.172 e. The van der Waals surface area contributed by atoms with Gasteiger partial charge in [-0.25, -0.2) is 0 Å². The van der Waals surface area contributed by atoms with Gasteiger partial charge >= 0.3 is 0 Å². The van der Waals surface area contributed by atoms with E-state index in [-0.39, 0.29) is 0 Å². The number of nitrogen functional groups attached to an aromatic ring is 1. The van der Waals surface area contributed by atoms with Gasteiger partial charge in [-0.1, -0.05) is 49.4 Å². The third kappa shape index (κ3) is 6.13. The smallest absolute Gasteiger partial charge is 0.172 e. The number of anilines is 1. The molecule has 32 heavy (non-hydrogen) atoms. The molecule has 0 aliphatic heterocycles. The van der Waals surface area contributed by atoms with Crippen LogP contribution < -0.4 is 19.9 Å². The van der Waals surface area contributed by atoms with Crippen molar-refractivity contribution < 1.29 is 18.7 Å². The average molecular weight is 457 g/mol. The second kappa shape index (κ2) is 11.7. The number of hydrogen-bond acceptors (Lipinski definition) is 7. The van der Waals surface area contributed by atoms with Crippen molar-refractivity contribution in [3.63, 3.8) is 0 Å². The Balaban J connectivity index is 0.000000222. The van der Waals surface area contributed by atoms with Crippen LogP contribution in [0.1, 0.15) is 37.7 Å². The van der Waals surface area contributed by atoms with Crippen molar-refractivity contribution in [2.75, 3.05) is 27.1 Å². The Labute approximate surface area is 195 Å². The molecule has 0 amide bonds. The quantitative estimate of drug-likeness (QED) is 0.440. The Kier molecular flexibility index (Phi) is 8.73. The highest BCUT2D eigenvalue weighted by atomic mass is 32.1.